The highest BCUT2D eigenvalue weighted by Gasteiger charge is 2.24. The Morgan fingerprint density at radius 3 is 2.56 bits per heavy atom. The molecule has 0 bridgehead atoms. The van der Waals surface area contributed by atoms with Gasteiger partial charge in [0.15, 0.2) is 0 Å². The third-order valence-electron chi connectivity index (χ3n) is 2.57. The van der Waals surface area contributed by atoms with E-state index in [1.54, 1.807) is 19.1 Å². The Bertz CT molecular complexity index is 552. The van der Waals surface area contributed by atoms with Crippen LogP contribution >= 0.6 is 15.9 Å². The van der Waals surface area contributed by atoms with Gasteiger partial charge < -0.3 is 0 Å². The summed E-state index contributed by atoms with van der Waals surface area (Å²) >= 11 is 3.31. The molecule has 0 fully saturated rings. The number of aryl methyl sites for hydroxylation is 1. The van der Waals surface area contributed by atoms with Gasteiger partial charge in [0.05, 0.1) is 4.90 Å². The number of halogens is 1. The summed E-state index contributed by atoms with van der Waals surface area (Å²) in [5.74, 6) is 0. The molecule has 0 aliphatic carbocycles. The van der Waals surface area contributed by atoms with E-state index in [2.05, 4.69) is 22.5 Å². The maximum atomic E-state index is 12.5. The van der Waals surface area contributed by atoms with Crippen molar-refractivity contribution in [1.82, 2.24) is 4.31 Å². The van der Waals surface area contributed by atoms with Crippen LogP contribution in [0.25, 0.3) is 0 Å². The monoisotopic (exact) mass is 331 g/mol. The highest BCUT2D eigenvalue weighted by molar-refractivity contribution is 9.10. The van der Waals surface area contributed by atoms with Crippen LogP contribution < -0.4 is 0 Å². The quantitative estimate of drug-likeness (QED) is 0.776. The summed E-state index contributed by atoms with van der Waals surface area (Å²) in [6.45, 7) is 10.0. The Morgan fingerprint density at radius 2 is 2.06 bits per heavy atom. The number of rotatable bonds is 5. The lowest BCUT2D eigenvalue weighted by Gasteiger charge is -2.21. The van der Waals surface area contributed by atoms with Crippen LogP contribution in [0.2, 0.25) is 0 Å². The van der Waals surface area contributed by atoms with Crippen molar-refractivity contribution in [3.63, 3.8) is 0 Å². The summed E-state index contributed by atoms with van der Waals surface area (Å²) in [7, 11) is -3.46. The second-order valence-corrected chi connectivity index (χ2v) is 7.12. The van der Waals surface area contributed by atoms with Gasteiger partial charge in [-0.1, -0.05) is 41.1 Å². The summed E-state index contributed by atoms with van der Waals surface area (Å²) in [4.78, 5) is 0.347. The molecule has 0 radical (unpaired) electrons. The van der Waals surface area contributed by atoms with Gasteiger partial charge in [0, 0.05) is 17.6 Å². The molecular formula is C13H18BrNO2S. The Kier molecular flexibility index (Phi) is 5.13. The van der Waals surface area contributed by atoms with E-state index in [4.69, 9.17) is 0 Å². The fourth-order valence-electron chi connectivity index (χ4n) is 1.66. The average Bonchev–Trinajstić information content (AvgIpc) is 2.28. The van der Waals surface area contributed by atoms with Crippen LogP contribution in [0.3, 0.4) is 0 Å². The van der Waals surface area contributed by atoms with Crippen molar-refractivity contribution in [1.29, 1.82) is 0 Å². The molecule has 0 amide bonds. The highest BCUT2D eigenvalue weighted by atomic mass is 79.9. The van der Waals surface area contributed by atoms with E-state index in [9.17, 15) is 8.42 Å². The van der Waals surface area contributed by atoms with E-state index in [1.807, 2.05) is 19.9 Å². The van der Waals surface area contributed by atoms with Crippen LogP contribution in [0.4, 0.5) is 0 Å². The molecule has 0 heterocycles. The molecule has 1 rings (SSSR count). The average molecular weight is 332 g/mol. The van der Waals surface area contributed by atoms with Crippen molar-refractivity contribution in [2.24, 2.45) is 0 Å². The molecule has 1 aromatic rings. The normalized spacial score (nSPS) is 11.8. The summed E-state index contributed by atoms with van der Waals surface area (Å²) in [6, 6.07) is 5.28. The lowest BCUT2D eigenvalue weighted by molar-refractivity contribution is 0.452. The van der Waals surface area contributed by atoms with Crippen molar-refractivity contribution in [3.8, 4) is 0 Å². The first-order chi connectivity index (χ1) is 8.28. The van der Waals surface area contributed by atoms with E-state index < -0.39 is 10.0 Å². The second-order valence-electron chi connectivity index (χ2n) is 4.30. The van der Waals surface area contributed by atoms with Crippen molar-refractivity contribution in [2.45, 2.75) is 25.7 Å². The van der Waals surface area contributed by atoms with Gasteiger partial charge in [-0.25, -0.2) is 8.42 Å². The molecule has 0 unspecified atom stereocenters. The molecule has 0 aliphatic rings. The molecule has 0 atom stereocenters. The molecule has 1 aromatic carbocycles. The lowest BCUT2D eigenvalue weighted by atomic mass is 10.2. The van der Waals surface area contributed by atoms with Gasteiger partial charge in [0.25, 0.3) is 0 Å². The zero-order valence-corrected chi connectivity index (χ0v) is 13.3. The van der Waals surface area contributed by atoms with Crippen molar-refractivity contribution in [3.05, 3.63) is 40.4 Å². The predicted octanol–water partition coefficient (Wildman–Crippen LogP) is 3.34. The van der Waals surface area contributed by atoms with Gasteiger partial charge in [-0.05, 0) is 31.5 Å². The first-order valence-electron chi connectivity index (χ1n) is 5.69. The zero-order chi connectivity index (χ0) is 13.9. The molecule has 0 saturated carbocycles. The van der Waals surface area contributed by atoms with Gasteiger partial charge in [-0.15, -0.1) is 0 Å². The summed E-state index contributed by atoms with van der Waals surface area (Å²) < 4.78 is 27.3. The molecule has 18 heavy (non-hydrogen) atoms. The second kappa shape index (κ2) is 5.99. The smallest absolute Gasteiger partial charge is 0.207 e. The van der Waals surface area contributed by atoms with E-state index >= 15 is 0 Å². The fraction of sp³-hybridized carbons (Fsp3) is 0.385. The largest absolute Gasteiger partial charge is 0.243 e. The van der Waals surface area contributed by atoms with Crippen LogP contribution in [0.1, 0.15) is 19.4 Å². The highest BCUT2D eigenvalue weighted by Crippen LogP contribution is 2.24. The van der Waals surface area contributed by atoms with Gasteiger partial charge in [-0.2, -0.15) is 4.31 Å². The van der Waals surface area contributed by atoms with Crippen LogP contribution in [-0.2, 0) is 10.0 Å². The molecular weight excluding hydrogens is 314 g/mol. The van der Waals surface area contributed by atoms with Gasteiger partial charge >= 0.3 is 0 Å². The molecule has 0 N–H and O–H groups in total. The number of benzene rings is 1. The zero-order valence-electron chi connectivity index (χ0n) is 10.9. The third-order valence-corrected chi connectivity index (χ3v) is 5.12. The maximum absolute atomic E-state index is 12.5. The van der Waals surface area contributed by atoms with E-state index in [0.717, 1.165) is 15.6 Å². The minimum atomic E-state index is -3.46. The Hall–Kier alpha value is -0.650. The first-order valence-corrected chi connectivity index (χ1v) is 7.93. The summed E-state index contributed by atoms with van der Waals surface area (Å²) in [5.41, 5.74) is 1.58. The number of nitrogens with zero attached hydrogens (tertiary/aromatic N) is 1. The minimum Gasteiger partial charge on any atom is -0.207 e. The topological polar surface area (TPSA) is 37.4 Å². The molecule has 100 valence electrons. The van der Waals surface area contributed by atoms with E-state index in [1.165, 1.54) is 4.31 Å². The van der Waals surface area contributed by atoms with Crippen LogP contribution in [-0.4, -0.2) is 25.8 Å². The molecule has 3 nitrogen and oxygen atoms in total. The number of hydrogen-bond donors (Lipinski definition) is 0. The maximum Gasteiger partial charge on any atom is 0.243 e. The number of likely N-dealkylation sites (N-methyl/N-ethyl adjacent to an activating group) is 1. The van der Waals surface area contributed by atoms with Crippen molar-refractivity contribution < 1.29 is 8.42 Å². The summed E-state index contributed by atoms with van der Waals surface area (Å²) in [5, 5.41) is 0. The fourth-order valence-corrected chi connectivity index (χ4v) is 3.93. The standard InChI is InChI=1S/C13H18BrNO2S/c1-5-15(9-10(2)3)18(16,17)13-8-12(14)7-6-11(13)4/h6-8H,2,5,9H2,1,3-4H3. The third kappa shape index (κ3) is 3.43. The van der Waals surface area contributed by atoms with E-state index in [-0.39, 0.29) is 0 Å². The Balaban J connectivity index is 3.26. The number of hydrogen-bond acceptors (Lipinski definition) is 2. The van der Waals surface area contributed by atoms with Gasteiger partial charge in [0.2, 0.25) is 10.0 Å². The lowest BCUT2D eigenvalue weighted by Crippen LogP contribution is -2.32. The van der Waals surface area contributed by atoms with Gasteiger partial charge in [-0.3, -0.25) is 0 Å². The number of sulfonamides is 1. The molecule has 5 heteroatoms. The summed E-state index contributed by atoms with van der Waals surface area (Å²) in [6.07, 6.45) is 0. The van der Waals surface area contributed by atoms with Crippen LogP contribution in [0, 0.1) is 6.92 Å². The van der Waals surface area contributed by atoms with Crippen LogP contribution in [0.5, 0.6) is 0 Å². The molecule has 0 saturated heterocycles. The van der Waals surface area contributed by atoms with Crippen molar-refractivity contribution >= 4 is 26.0 Å². The molecule has 0 spiro atoms. The Labute approximate surface area is 118 Å². The first kappa shape index (κ1) is 15.4. The molecule has 0 aromatic heterocycles. The minimum absolute atomic E-state index is 0.347. The molecule has 0 aliphatic heterocycles. The van der Waals surface area contributed by atoms with E-state index in [0.29, 0.717) is 18.0 Å². The van der Waals surface area contributed by atoms with Gasteiger partial charge in [0.1, 0.15) is 0 Å². The van der Waals surface area contributed by atoms with Crippen LogP contribution in [0.15, 0.2) is 39.7 Å². The SMILES string of the molecule is C=C(C)CN(CC)S(=O)(=O)c1cc(Br)ccc1C. The predicted molar refractivity (Wildman–Crippen MR) is 78.1 cm³/mol. The Morgan fingerprint density at radius 1 is 1.44 bits per heavy atom. The van der Waals surface area contributed by atoms with Crippen molar-refractivity contribution in [2.75, 3.05) is 13.1 Å².